The lowest BCUT2D eigenvalue weighted by Gasteiger charge is -2.13. The van der Waals surface area contributed by atoms with Gasteiger partial charge in [0.2, 0.25) is 0 Å². The summed E-state index contributed by atoms with van der Waals surface area (Å²) in [4.78, 5) is 0. The zero-order chi connectivity index (χ0) is 31.7. The summed E-state index contributed by atoms with van der Waals surface area (Å²) in [7, 11) is 1.00. The molecular formula is C40H72O. The summed E-state index contributed by atoms with van der Waals surface area (Å²) in [6.45, 7) is 21.1. The van der Waals surface area contributed by atoms with Crippen molar-refractivity contribution in [2.75, 3.05) is 7.11 Å². The highest BCUT2D eigenvalue weighted by atomic mass is 16.2. The fraction of sp³-hybridized carbons (Fsp3) is 0.650. The van der Waals surface area contributed by atoms with Gasteiger partial charge >= 0.3 is 0 Å². The molecule has 0 heterocycles. The van der Waals surface area contributed by atoms with Crippen molar-refractivity contribution in [1.82, 2.24) is 0 Å². The number of allylic oxidation sites excluding steroid dienone is 14. The Morgan fingerprint density at radius 1 is 0.707 bits per heavy atom. The Kier molecular flexibility index (Phi) is 36.5. The van der Waals surface area contributed by atoms with E-state index in [1.165, 1.54) is 94.6 Å². The molecule has 1 atom stereocenters. The van der Waals surface area contributed by atoms with Crippen LogP contribution in [-0.4, -0.2) is 12.2 Å². The zero-order valence-electron chi connectivity index (χ0n) is 29.6. The highest BCUT2D eigenvalue weighted by molar-refractivity contribution is 5.34. The first-order valence-corrected chi connectivity index (χ1v) is 17.4. The van der Waals surface area contributed by atoms with Crippen LogP contribution in [-0.2, 0) is 0 Å². The van der Waals surface area contributed by atoms with E-state index in [1.54, 1.807) is 16.7 Å². The second-order valence-corrected chi connectivity index (χ2v) is 10.1. The maximum atomic E-state index is 7.00. The van der Waals surface area contributed by atoms with Gasteiger partial charge in [0.05, 0.1) is 0 Å². The molecule has 0 bridgehead atoms. The van der Waals surface area contributed by atoms with Gasteiger partial charge in [-0.15, -0.1) is 0 Å². The molecule has 1 nitrogen and oxygen atoms in total. The van der Waals surface area contributed by atoms with Crippen LogP contribution in [0.5, 0.6) is 0 Å². The number of rotatable bonds is 12. The van der Waals surface area contributed by atoms with Crippen LogP contribution in [0.1, 0.15) is 159 Å². The Balaban J connectivity index is -0.000000668. The van der Waals surface area contributed by atoms with E-state index in [0.29, 0.717) is 5.92 Å². The maximum Gasteiger partial charge on any atom is 0.0319 e. The Hall–Kier alpha value is -1.86. The van der Waals surface area contributed by atoms with Gasteiger partial charge in [-0.05, 0) is 88.2 Å². The minimum atomic E-state index is 0.690. The summed E-state index contributed by atoms with van der Waals surface area (Å²) < 4.78 is 0. The van der Waals surface area contributed by atoms with E-state index in [-0.39, 0.29) is 0 Å². The summed E-state index contributed by atoms with van der Waals surface area (Å²) in [6.07, 6.45) is 39.0. The van der Waals surface area contributed by atoms with Gasteiger partial charge in [0, 0.05) is 7.11 Å². The summed E-state index contributed by atoms with van der Waals surface area (Å²) in [5, 5.41) is 7.00. The molecule has 1 N–H and O–H groups in total. The zero-order valence-corrected chi connectivity index (χ0v) is 29.6. The number of aliphatic hydroxyl groups is 1. The number of hydrogen-bond donors (Lipinski definition) is 1. The molecule has 238 valence electrons. The van der Waals surface area contributed by atoms with Gasteiger partial charge in [-0.1, -0.05) is 159 Å². The topological polar surface area (TPSA) is 20.2 Å². The van der Waals surface area contributed by atoms with Crippen LogP contribution in [0.3, 0.4) is 0 Å². The van der Waals surface area contributed by atoms with Crippen molar-refractivity contribution in [3.8, 4) is 0 Å². The van der Waals surface area contributed by atoms with E-state index in [0.717, 1.165) is 13.5 Å². The Morgan fingerprint density at radius 3 is 2.02 bits per heavy atom. The third-order valence-corrected chi connectivity index (χ3v) is 7.01. The van der Waals surface area contributed by atoms with Crippen LogP contribution in [0.15, 0.2) is 82.5 Å². The molecule has 3 aliphatic carbocycles. The van der Waals surface area contributed by atoms with Crippen LogP contribution < -0.4 is 0 Å². The fourth-order valence-electron chi connectivity index (χ4n) is 4.89. The highest BCUT2D eigenvalue weighted by Gasteiger charge is 2.10. The number of aliphatic hydroxyl groups excluding tert-OH is 1. The minimum absolute atomic E-state index is 0.690. The van der Waals surface area contributed by atoms with Gasteiger partial charge in [0.15, 0.2) is 0 Å². The average molecular weight is 569 g/mol. The molecular weight excluding hydrogens is 496 g/mol. The molecule has 41 heavy (non-hydrogen) atoms. The quantitative estimate of drug-likeness (QED) is 0.232. The van der Waals surface area contributed by atoms with Gasteiger partial charge in [0.1, 0.15) is 0 Å². The van der Waals surface area contributed by atoms with E-state index in [1.807, 2.05) is 41.5 Å². The SMILES string of the molecule is CC.CC.CC.CCCC1=C(CCCCC[C@@H](C)C2=CC(C)=CCC=C2)CC=C1.CCCCC1=CCCC=C1.CO. The molecule has 0 aliphatic heterocycles. The molecule has 0 aromatic carbocycles. The molecule has 3 rings (SSSR count). The first kappa shape index (κ1) is 43.6. The number of hydrogen-bond acceptors (Lipinski definition) is 1. The second kappa shape index (κ2) is 34.3. The van der Waals surface area contributed by atoms with Gasteiger partial charge in [-0.3, -0.25) is 0 Å². The van der Waals surface area contributed by atoms with Gasteiger partial charge in [0.25, 0.3) is 0 Å². The van der Waals surface area contributed by atoms with Crippen molar-refractivity contribution in [2.24, 2.45) is 5.92 Å². The smallest absolute Gasteiger partial charge is 0.0319 e. The van der Waals surface area contributed by atoms with Crippen LogP contribution in [0.25, 0.3) is 0 Å². The van der Waals surface area contributed by atoms with Crippen LogP contribution in [0.4, 0.5) is 0 Å². The van der Waals surface area contributed by atoms with Gasteiger partial charge in [-0.2, -0.15) is 0 Å². The molecule has 0 fully saturated rings. The van der Waals surface area contributed by atoms with Crippen LogP contribution in [0.2, 0.25) is 0 Å². The molecule has 0 amide bonds. The Morgan fingerprint density at radius 2 is 1.41 bits per heavy atom. The largest absolute Gasteiger partial charge is 0.400 e. The van der Waals surface area contributed by atoms with Crippen molar-refractivity contribution >= 4 is 0 Å². The lowest BCUT2D eigenvalue weighted by molar-refractivity contribution is 0.399. The predicted octanol–water partition coefficient (Wildman–Crippen LogP) is 13.6. The van der Waals surface area contributed by atoms with Crippen LogP contribution in [0, 0.1) is 5.92 Å². The molecule has 0 spiro atoms. The maximum absolute atomic E-state index is 7.00. The summed E-state index contributed by atoms with van der Waals surface area (Å²) in [5.41, 5.74) is 7.84. The first-order valence-electron chi connectivity index (χ1n) is 17.4. The Bertz CT molecular complexity index is 782. The van der Waals surface area contributed by atoms with Gasteiger partial charge in [-0.25, -0.2) is 0 Å². The minimum Gasteiger partial charge on any atom is -0.400 e. The normalized spacial score (nSPS) is 15.4. The van der Waals surface area contributed by atoms with Crippen molar-refractivity contribution in [1.29, 1.82) is 0 Å². The van der Waals surface area contributed by atoms with Crippen molar-refractivity contribution in [3.05, 3.63) is 82.5 Å². The molecule has 0 unspecified atom stereocenters. The van der Waals surface area contributed by atoms with E-state index in [9.17, 15) is 0 Å². The summed E-state index contributed by atoms with van der Waals surface area (Å²) in [6, 6.07) is 0. The van der Waals surface area contributed by atoms with E-state index >= 15 is 0 Å². The van der Waals surface area contributed by atoms with Crippen molar-refractivity contribution in [2.45, 2.75) is 159 Å². The number of unbranched alkanes of at least 4 members (excludes halogenated alkanes) is 3. The average Bonchev–Trinajstić information content (AvgIpc) is 3.36. The van der Waals surface area contributed by atoms with Crippen molar-refractivity contribution in [3.63, 3.8) is 0 Å². The first-order chi connectivity index (χ1) is 20.1. The lowest BCUT2D eigenvalue weighted by Crippen LogP contribution is -1.98. The van der Waals surface area contributed by atoms with E-state index < -0.39 is 0 Å². The van der Waals surface area contributed by atoms with Crippen LogP contribution >= 0.6 is 0 Å². The van der Waals surface area contributed by atoms with Crippen molar-refractivity contribution < 1.29 is 5.11 Å². The third kappa shape index (κ3) is 23.4. The third-order valence-electron chi connectivity index (χ3n) is 7.01. The van der Waals surface area contributed by atoms with E-state index in [2.05, 4.69) is 82.4 Å². The molecule has 3 aliphatic rings. The predicted molar refractivity (Wildman–Crippen MR) is 192 cm³/mol. The fourth-order valence-corrected chi connectivity index (χ4v) is 4.89. The van der Waals surface area contributed by atoms with Gasteiger partial charge < -0.3 is 5.11 Å². The summed E-state index contributed by atoms with van der Waals surface area (Å²) in [5.74, 6) is 0.690. The molecule has 0 saturated heterocycles. The molecule has 0 aromatic heterocycles. The summed E-state index contributed by atoms with van der Waals surface area (Å²) >= 11 is 0. The molecule has 0 radical (unpaired) electrons. The molecule has 0 saturated carbocycles. The second-order valence-electron chi connectivity index (χ2n) is 10.1. The molecule has 0 aromatic rings. The van der Waals surface area contributed by atoms with E-state index in [4.69, 9.17) is 5.11 Å². The Labute approximate surface area is 259 Å². The standard InChI is InChI=1S/C23H34.C10H16.3C2H6.CH4O/c1-4-11-21-16-10-17-22(21)14-7-5-6-13-20(3)23-15-9-8-12-19(2)18-23;1-2-3-7-10-8-5-4-6-9-10;4*1-2/h9-10,12,15-16,18,20H,4-8,11,13-14,17H2,1-3H3;5,8-9H,2-4,6-7H2,1H3;3*1-2H3;2H,1H3/t20-;;;;;/m1...../s1. The monoisotopic (exact) mass is 569 g/mol. The molecule has 1 heteroatoms. The highest BCUT2D eigenvalue weighted by Crippen LogP contribution is 2.28. The lowest BCUT2D eigenvalue weighted by atomic mass is 9.92.